The summed E-state index contributed by atoms with van der Waals surface area (Å²) in [5.41, 5.74) is 1.10. The quantitative estimate of drug-likeness (QED) is 0.762. The second-order valence-corrected chi connectivity index (χ2v) is 6.63. The van der Waals surface area contributed by atoms with E-state index in [0.717, 1.165) is 42.5 Å². The zero-order valence-corrected chi connectivity index (χ0v) is 14.4. The van der Waals surface area contributed by atoms with Gasteiger partial charge in [-0.3, -0.25) is 0 Å². The molecule has 2 N–H and O–H groups in total. The molecule has 0 bridgehead atoms. The van der Waals surface area contributed by atoms with E-state index in [2.05, 4.69) is 61.5 Å². The van der Waals surface area contributed by atoms with Crippen LogP contribution < -0.4 is 10.6 Å². The lowest BCUT2D eigenvalue weighted by molar-refractivity contribution is 0.769. The molecule has 114 valence electrons. The maximum Gasteiger partial charge on any atom is 0.135 e. The van der Waals surface area contributed by atoms with E-state index in [4.69, 9.17) is 0 Å². The summed E-state index contributed by atoms with van der Waals surface area (Å²) in [5, 5.41) is 7.46. The number of thioether (sulfide) groups is 1. The van der Waals surface area contributed by atoms with Crippen molar-refractivity contribution in [2.24, 2.45) is 0 Å². The maximum atomic E-state index is 4.67. The summed E-state index contributed by atoms with van der Waals surface area (Å²) in [6.45, 7) is 12.5. The van der Waals surface area contributed by atoms with Gasteiger partial charge in [-0.15, -0.1) is 0 Å². The third-order valence-electron chi connectivity index (χ3n) is 3.27. The highest BCUT2D eigenvalue weighted by atomic mass is 32.2. The molecule has 0 radical (unpaired) electrons. The first-order valence-corrected chi connectivity index (χ1v) is 8.67. The third-order valence-corrected chi connectivity index (χ3v) is 4.31. The van der Waals surface area contributed by atoms with Crippen molar-refractivity contribution in [3.05, 3.63) is 11.4 Å². The summed E-state index contributed by atoms with van der Waals surface area (Å²) in [6.07, 6.45) is 3.29. The Morgan fingerprint density at radius 1 is 1.10 bits per heavy atom. The number of aromatic nitrogens is 2. The predicted octanol–water partition coefficient (Wildman–Crippen LogP) is 3.89. The first kappa shape index (κ1) is 17.1. The Labute approximate surface area is 127 Å². The molecule has 1 rings (SSSR count). The fourth-order valence-corrected chi connectivity index (χ4v) is 2.17. The molecule has 1 aromatic rings. The molecule has 5 heteroatoms. The molecule has 4 nitrogen and oxygen atoms in total. The Bertz CT molecular complexity index is 421. The molecule has 0 spiro atoms. The molecule has 0 aliphatic rings. The summed E-state index contributed by atoms with van der Waals surface area (Å²) >= 11 is 1.90. The van der Waals surface area contributed by atoms with Crippen LogP contribution in [0.15, 0.2) is 0 Å². The van der Waals surface area contributed by atoms with E-state index in [1.54, 1.807) is 0 Å². The molecule has 1 aromatic heterocycles. The highest BCUT2D eigenvalue weighted by Gasteiger charge is 2.12. The van der Waals surface area contributed by atoms with Crippen molar-refractivity contribution in [2.45, 2.75) is 52.2 Å². The minimum Gasteiger partial charge on any atom is -0.370 e. The van der Waals surface area contributed by atoms with Gasteiger partial charge in [0.1, 0.15) is 17.5 Å². The van der Waals surface area contributed by atoms with Crippen LogP contribution in [-0.4, -0.2) is 34.6 Å². The average molecular weight is 296 g/mol. The van der Waals surface area contributed by atoms with Crippen LogP contribution in [0.5, 0.6) is 0 Å². The lowest BCUT2D eigenvalue weighted by Gasteiger charge is -2.16. The Morgan fingerprint density at radius 3 is 2.20 bits per heavy atom. The number of hydrogen-bond acceptors (Lipinski definition) is 5. The highest BCUT2D eigenvalue weighted by Crippen LogP contribution is 2.23. The van der Waals surface area contributed by atoms with Gasteiger partial charge in [0, 0.05) is 29.8 Å². The van der Waals surface area contributed by atoms with Crippen LogP contribution in [0.3, 0.4) is 0 Å². The Balaban J connectivity index is 2.87. The Kier molecular flexibility index (Phi) is 7.13. The minimum atomic E-state index is 0.332. The van der Waals surface area contributed by atoms with Gasteiger partial charge in [-0.2, -0.15) is 11.8 Å². The van der Waals surface area contributed by atoms with E-state index in [1.165, 1.54) is 0 Å². The molecule has 0 aliphatic heterocycles. The number of rotatable bonds is 8. The van der Waals surface area contributed by atoms with Crippen LogP contribution in [0.1, 0.15) is 51.4 Å². The van der Waals surface area contributed by atoms with E-state index in [9.17, 15) is 0 Å². The van der Waals surface area contributed by atoms with E-state index < -0.39 is 0 Å². The van der Waals surface area contributed by atoms with Crippen LogP contribution >= 0.6 is 11.8 Å². The van der Waals surface area contributed by atoms with Crippen LogP contribution in [-0.2, 0) is 0 Å². The van der Waals surface area contributed by atoms with Crippen LogP contribution in [0.4, 0.5) is 11.6 Å². The fraction of sp³-hybridized carbons (Fsp3) is 0.733. The van der Waals surface area contributed by atoms with Crippen LogP contribution in [0.25, 0.3) is 0 Å². The molecule has 0 amide bonds. The van der Waals surface area contributed by atoms with Gasteiger partial charge in [-0.1, -0.05) is 20.8 Å². The second kappa shape index (κ2) is 8.35. The van der Waals surface area contributed by atoms with E-state index in [0.29, 0.717) is 11.2 Å². The predicted molar refractivity (Wildman–Crippen MR) is 91.1 cm³/mol. The Morgan fingerprint density at radius 2 is 1.70 bits per heavy atom. The van der Waals surface area contributed by atoms with Crippen molar-refractivity contribution in [1.82, 2.24) is 9.97 Å². The van der Waals surface area contributed by atoms with Crippen molar-refractivity contribution in [2.75, 3.05) is 30.0 Å². The fourth-order valence-electron chi connectivity index (χ4n) is 1.82. The topological polar surface area (TPSA) is 49.8 Å². The van der Waals surface area contributed by atoms with Crippen LogP contribution in [0, 0.1) is 6.92 Å². The lowest BCUT2D eigenvalue weighted by Crippen LogP contribution is -2.14. The van der Waals surface area contributed by atoms with Crippen molar-refractivity contribution < 1.29 is 0 Å². The van der Waals surface area contributed by atoms with Gasteiger partial charge in [-0.05, 0) is 26.5 Å². The SMILES string of the molecule is CCNc1nc(C(C)C)nc(NCCC(C)SC)c1C. The van der Waals surface area contributed by atoms with Crippen molar-refractivity contribution in [3.8, 4) is 0 Å². The zero-order valence-electron chi connectivity index (χ0n) is 13.6. The largest absolute Gasteiger partial charge is 0.370 e. The van der Waals surface area contributed by atoms with Gasteiger partial charge in [0.25, 0.3) is 0 Å². The molecular formula is C15H28N4S. The first-order chi connectivity index (χ1) is 9.49. The molecule has 0 aromatic carbocycles. The lowest BCUT2D eigenvalue weighted by atomic mass is 10.2. The monoisotopic (exact) mass is 296 g/mol. The number of anilines is 2. The molecule has 0 aliphatic carbocycles. The van der Waals surface area contributed by atoms with Crippen molar-refractivity contribution in [3.63, 3.8) is 0 Å². The van der Waals surface area contributed by atoms with Crippen molar-refractivity contribution >= 4 is 23.4 Å². The summed E-state index contributed by atoms with van der Waals surface area (Å²) < 4.78 is 0. The molecule has 0 saturated carbocycles. The summed E-state index contributed by atoms with van der Waals surface area (Å²) in [7, 11) is 0. The highest BCUT2D eigenvalue weighted by molar-refractivity contribution is 7.99. The second-order valence-electron chi connectivity index (χ2n) is 5.35. The summed E-state index contributed by atoms with van der Waals surface area (Å²) in [5.74, 6) is 3.14. The molecule has 0 fully saturated rings. The smallest absolute Gasteiger partial charge is 0.135 e. The van der Waals surface area contributed by atoms with E-state index in [-0.39, 0.29) is 0 Å². The summed E-state index contributed by atoms with van der Waals surface area (Å²) in [6, 6.07) is 0. The van der Waals surface area contributed by atoms with Gasteiger partial charge in [0.15, 0.2) is 0 Å². The Hall–Kier alpha value is -0.970. The van der Waals surface area contributed by atoms with Crippen molar-refractivity contribution in [1.29, 1.82) is 0 Å². The average Bonchev–Trinajstić information content (AvgIpc) is 2.42. The minimum absolute atomic E-state index is 0.332. The molecule has 1 heterocycles. The number of nitrogens with zero attached hydrogens (tertiary/aromatic N) is 2. The third kappa shape index (κ3) is 4.85. The first-order valence-electron chi connectivity index (χ1n) is 7.38. The molecule has 20 heavy (non-hydrogen) atoms. The maximum absolute atomic E-state index is 4.67. The number of nitrogens with one attached hydrogen (secondary N) is 2. The van der Waals surface area contributed by atoms with Gasteiger partial charge >= 0.3 is 0 Å². The van der Waals surface area contributed by atoms with Gasteiger partial charge in [0.2, 0.25) is 0 Å². The molecular weight excluding hydrogens is 268 g/mol. The van der Waals surface area contributed by atoms with E-state index >= 15 is 0 Å². The molecule has 0 saturated heterocycles. The van der Waals surface area contributed by atoms with Crippen LogP contribution in [0.2, 0.25) is 0 Å². The summed E-state index contributed by atoms with van der Waals surface area (Å²) in [4.78, 5) is 9.28. The zero-order chi connectivity index (χ0) is 15.1. The molecule has 1 atom stereocenters. The van der Waals surface area contributed by atoms with E-state index in [1.807, 2.05) is 11.8 Å². The van der Waals surface area contributed by atoms with Gasteiger partial charge < -0.3 is 10.6 Å². The van der Waals surface area contributed by atoms with Gasteiger partial charge in [-0.25, -0.2) is 9.97 Å². The number of hydrogen-bond donors (Lipinski definition) is 2. The standard InChI is InChI=1S/C15H28N4S/c1-7-16-14-12(5)15(17-9-8-11(4)20-6)19-13(18-14)10(2)3/h10-11H,7-9H2,1-6H3,(H2,16,17,18,19). The molecule has 1 unspecified atom stereocenters. The normalized spacial score (nSPS) is 12.6. The van der Waals surface area contributed by atoms with Gasteiger partial charge in [0.05, 0.1) is 0 Å².